The van der Waals surface area contributed by atoms with Crippen molar-refractivity contribution >= 4 is 26.8 Å². The maximum atomic E-state index is 12.6. The normalized spacial score (nSPS) is 12.5. The smallest absolute Gasteiger partial charge is 0.266 e. The van der Waals surface area contributed by atoms with Crippen LogP contribution in [-0.4, -0.2) is 18.4 Å². The number of furan rings is 1. The Morgan fingerprint density at radius 1 is 1.13 bits per heavy atom. The molecule has 0 atom stereocenters. The zero-order chi connectivity index (χ0) is 16.7. The van der Waals surface area contributed by atoms with E-state index in [1.165, 1.54) is 12.3 Å². The van der Waals surface area contributed by atoms with E-state index in [0.29, 0.717) is 16.8 Å². The minimum Gasteiger partial charge on any atom is -0.463 e. The molecule has 0 unspecified atom stereocenters. The number of nitrogens with one attached hydrogen (secondary N) is 1. The van der Waals surface area contributed by atoms with E-state index in [4.69, 9.17) is 4.42 Å². The number of sulfonamides is 1. The summed E-state index contributed by atoms with van der Waals surface area (Å²) < 4.78 is 33.0. The molecular weight excluding hydrogens is 314 g/mol. The number of fused-ring (bicyclic) bond motifs is 1. The fourth-order valence-corrected chi connectivity index (χ4v) is 3.26. The van der Waals surface area contributed by atoms with Crippen molar-refractivity contribution in [3.05, 3.63) is 48.6 Å². The molecule has 0 fully saturated rings. The molecule has 2 heterocycles. The van der Waals surface area contributed by atoms with Crippen LogP contribution in [0.5, 0.6) is 0 Å². The molecule has 0 bridgehead atoms. The van der Waals surface area contributed by atoms with Gasteiger partial charge in [-0.3, -0.25) is 4.72 Å². The first-order valence-electron chi connectivity index (χ1n) is 7.10. The van der Waals surface area contributed by atoms with Crippen molar-refractivity contribution in [3.63, 3.8) is 0 Å². The molecule has 0 aliphatic rings. The summed E-state index contributed by atoms with van der Waals surface area (Å²) in [5, 5.41) is 0.533. The number of nitrogens with zero attached hydrogens (tertiary/aromatic N) is 2. The Kier molecular flexibility index (Phi) is 3.60. The summed E-state index contributed by atoms with van der Waals surface area (Å²) in [6, 6.07) is 8.49. The largest absolute Gasteiger partial charge is 0.463 e. The molecule has 0 spiro atoms. The SMILES string of the molecule is CC(C)(C)c1nccc(NS(=O)(=O)c2coc3ccccc23)n1. The van der Waals surface area contributed by atoms with Gasteiger partial charge in [0.05, 0.1) is 0 Å². The van der Waals surface area contributed by atoms with Gasteiger partial charge in [-0.1, -0.05) is 32.9 Å². The standard InChI is InChI=1S/C16H17N3O3S/c1-16(2,3)15-17-9-8-14(18-15)19-23(20,21)13-10-22-12-7-5-4-6-11(12)13/h4-10H,1-3H3,(H,17,18,19). The topological polar surface area (TPSA) is 85.1 Å². The van der Waals surface area contributed by atoms with Crippen molar-refractivity contribution < 1.29 is 12.8 Å². The molecule has 0 radical (unpaired) electrons. The van der Waals surface area contributed by atoms with Crippen molar-refractivity contribution in [2.45, 2.75) is 31.1 Å². The molecule has 1 aromatic carbocycles. The Balaban J connectivity index is 1.99. The molecule has 0 saturated carbocycles. The number of benzene rings is 1. The number of para-hydroxylation sites is 1. The Labute approximate surface area is 134 Å². The van der Waals surface area contributed by atoms with Crippen LogP contribution >= 0.6 is 0 Å². The van der Waals surface area contributed by atoms with Gasteiger partial charge in [-0.15, -0.1) is 0 Å². The second kappa shape index (κ2) is 5.34. The molecule has 2 aromatic heterocycles. The van der Waals surface area contributed by atoms with E-state index in [0.717, 1.165) is 0 Å². The lowest BCUT2D eigenvalue weighted by Gasteiger charge is -2.17. The number of hydrogen-bond acceptors (Lipinski definition) is 5. The average Bonchev–Trinajstić information content (AvgIpc) is 2.91. The molecular formula is C16H17N3O3S. The molecule has 7 heteroatoms. The van der Waals surface area contributed by atoms with Crippen molar-refractivity contribution in [2.24, 2.45) is 0 Å². The fraction of sp³-hybridized carbons (Fsp3) is 0.250. The molecule has 23 heavy (non-hydrogen) atoms. The van der Waals surface area contributed by atoms with Gasteiger partial charge in [0.25, 0.3) is 10.0 Å². The Hall–Kier alpha value is -2.41. The zero-order valence-electron chi connectivity index (χ0n) is 13.1. The Morgan fingerprint density at radius 2 is 1.87 bits per heavy atom. The van der Waals surface area contributed by atoms with Gasteiger partial charge in [-0.05, 0) is 18.2 Å². The van der Waals surface area contributed by atoms with Crippen LogP contribution in [0, 0.1) is 0 Å². The Morgan fingerprint density at radius 3 is 2.61 bits per heavy atom. The van der Waals surface area contributed by atoms with Gasteiger partial charge in [0.15, 0.2) is 0 Å². The van der Waals surface area contributed by atoms with Crippen LogP contribution < -0.4 is 4.72 Å². The third-order valence-electron chi connectivity index (χ3n) is 3.30. The van der Waals surface area contributed by atoms with Crippen molar-refractivity contribution in [3.8, 4) is 0 Å². The van der Waals surface area contributed by atoms with Crippen LogP contribution in [0.3, 0.4) is 0 Å². The molecule has 0 amide bonds. The molecule has 1 N–H and O–H groups in total. The van der Waals surface area contributed by atoms with Gasteiger partial charge in [0.1, 0.15) is 28.4 Å². The van der Waals surface area contributed by atoms with Crippen LogP contribution in [0.15, 0.2) is 52.1 Å². The first-order valence-corrected chi connectivity index (χ1v) is 8.58. The highest BCUT2D eigenvalue weighted by Crippen LogP contribution is 2.26. The van der Waals surface area contributed by atoms with Crippen molar-refractivity contribution in [2.75, 3.05) is 4.72 Å². The van der Waals surface area contributed by atoms with Crippen LogP contribution in [0.1, 0.15) is 26.6 Å². The maximum Gasteiger partial charge on any atom is 0.266 e. The zero-order valence-corrected chi connectivity index (χ0v) is 13.9. The predicted molar refractivity (Wildman–Crippen MR) is 87.8 cm³/mol. The summed E-state index contributed by atoms with van der Waals surface area (Å²) >= 11 is 0. The summed E-state index contributed by atoms with van der Waals surface area (Å²) in [4.78, 5) is 8.56. The monoisotopic (exact) mass is 331 g/mol. The fourth-order valence-electron chi connectivity index (χ4n) is 2.13. The minimum atomic E-state index is -3.79. The first-order chi connectivity index (χ1) is 10.8. The molecule has 120 valence electrons. The lowest BCUT2D eigenvalue weighted by Crippen LogP contribution is -2.19. The second-order valence-corrected chi connectivity index (χ2v) is 7.87. The van der Waals surface area contributed by atoms with E-state index >= 15 is 0 Å². The summed E-state index contributed by atoms with van der Waals surface area (Å²) in [5.74, 6) is 0.796. The molecule has 0 saturated heterocycles. The molecule has 3 aromatic rings. The van der Waals surface area contributed by atoms with Crippen LogP contribution in [0.2, 0.25) is 0 Å². The highest BCUT2D eigenvalue weighted by molar-refractivity contribution is 7.93. The van der Waals surface area contributed by atoms with E-state index in [1.54, 1.807) is 30.5 Å². The summed E-state index contributed by atoms with van der Waals surface area (Å²) in [7, 11) is -3.79. The minimum absolute atomic E-state index is 0.0871. The van der Waals surface area contributed by atoms with E-state index in [9.17, 15) is 8.42 Å². The third-order valence-corrected chi connectivity index (χ3v) is 4.67. The van der Waals surface area contributed by atoms with E-state index in [-0.39, 0.29) is 16.1 Å². The number of aromatic nitrogens is 2. The lowest BCUT2D eigenvalue weighted by atomic mass is 9.96. The molecule has 0 aliphatic heterocycles. The van der Waals surface area contributed by atoms with E-state index in [1.807, 2.05) is 20.8 Å². The highest BCUT2D eigenvalue weighted by Gasteiger charge is 2.22. The second-order valence-electron chi connectivity index (χ2n) is 6.22. The van der Waals surface area contributed by atoms with Crippen molar-refractivity contribution in [1.82, 2.24) is 9.97 Å². The number of rotatable bonds is 3. The maximum absolute atomic E-state index is 12.6. The molecule has 6 nitrogen and oxygen atoms in total. The van der Waals surface area contributed by atoms with Crippen molar-refractivity contribution in [1.29, 1.82) is 0 Å². The molecule has 0 aliphatic carbocycles. The number of anilines is 1. The van der Waals surface area contributed by atoms with Gasteiger partial charge in [0.2, 0.25) is 0 Å². The van der Waals surface area contributed by atoms with E-state index < -0.39 is 10.0 Å². The highest BCUT2D eigenvalue weighted by atomic mass is 32.2. The Bertz CT molecular complexity index is 956. The van der Waals surface area contributed by atoms with Crippen LogP contribution in [0.4, 0.5) is 5.82 Å². The van der Waals surface area contributed by atoms with Crippen LogP contribution in [-0.2, 0) is 15.4 Å². The quantitative estimate of drug-likeness (QED) is 0.796. The molecule has 3 rings (SSSR count). The number of hydrogen-bond donors (Lipinski definition) is 1. The van der Waals surface area contributed by atoms with Gasteiger partial charge in [-0.2, -0.15) is 0 Å². The van der Waals surface area contributed by atoms with Gasteiger partial charge in [-0.25, -0.2) is 18.4 Å². The predicted octanol–water partition coefficient (Wildman–Crippen LogP) is 3.32. The first kappa shape index (κ1) is 15.5. The average molecular weight is 331 g/mol. The van der Waals surface area contributed by atoms with Gasteiger partial charge < -0.3 is 4.42 Å². The van der Waals surface area contributed by atoms with Gasteiger partial charge in [0, 0.05) is 17.0 Å². The third kappa shape index (κ3) is 3.05. The summed E-state index contributed by atoms with van der Waals surface area (Å²) in [5.41, 5.74) is 0.245. The van der Waals surface area contributed by atoms with Gasteiger partial charge >= 0.3 is 0 Å². The lowest BCUT2D eigenvalue weighted by molar-refractivity contribution is 0.546. The summed E-state index contributed by atoms with van der Waals surface area (Å²) in [6.07, 6.45) is 2.78. The van der Waals surface area contributed by atoms with Crippen LogP contribution in [0.25, 0.3) is 11.0 Å². The summed E-state index contributed by atoms with van der Waals surface area (Å²) in [6.45, 7) is 5.89. The van der Waals surface area contributed by atoms with E-state index in [2.05, 4.69) is 14.7 Å².